The molecule has 4 nitrogen and oxygen atoms in total. The molecule has 1 aromatic carbocycles. The molecule has 1 aliphatic heterocycles. The Balaban J connectivity index is 2.34. The van der Waals surface area contributed by atoms with Crippen molar-refractivity contribution in [2.45, 2.75) is 18.7 Å². The zero-order valence-corrected chi connectivity index (χ0v) is 9.61. The number of benzene rings is 1. The number of halogens is 1. The molecular weight excluding hydrogens is 228 g/mol. The normalized spacial score (nSPS) is 15.4. The van der Waals surface area contributed by atoms with Crippen LogP contribution in [0.3, 0.4) is 0 Å². The summed E-state index contributed by atoms with van der Waals surface area (Å²) in [6.07, 6.45) is 2.36. The minimum Gasteiger partial charge on any atom is -0.371 e. The Kier molecular flexibility index (Phi) is 3.29. The van der Waals surface area contributed by atoms with Crippen molar-refractivity contribution >= 4 is 23.0 Å². The van der Waals surface area contributed by atoms with Gasteiger partial charge in [0.2, 0.25) is 0 Å². The van der Waals surface area contributed by atoms with Crippen LogP contribution in [-0.2, 0) is 5.88 Å². The molecule has 86 valence electrons. The van der Waals surface area contributed by atoms with Gasteiger partial charge < -0.3 is 4.90 Å². The Bertz CT molecular complexity index is 403. The number of nitro groups is 1. The summed E-state index contributed by atoms with van der Waals surface area (Å²) in [5, 5.41) is 10.7. The van der Waals surface area contributed by atoms with Gasteiger partial charge in [-0.25, -0.2) is 0 Å². The molecule has 0 bridgehead atoms. The second-order valence-corrected chi connectivity index (χ2v) is 4.17. The van der Waals surface area contributed by atoms with Crippen molar-refractivity contribution in [1.29, 1.82) is 0 Å². The van der Waals surface area contributed by atoms with E-state index in [2.05, 4.69) is 4.90 Å². The second kappa shape index (κ2) is 4.70. The van der Waals surface area contributed by atoms with Crippen molar-refractivity contribution in [3.8, 4) is 0 Å². The van der Waals surface area contributed by atoms with Crippen molar-refractivity contribution in [3.05, 3.63) is 33.9 Å². The van der Waals surface area contributed by atoms with E-state index in [0.717, 1.165) is 24.3 Å². The van der Waals surface area contributed by atoms with Crippen LogP contribution in [0.15, 0.2) is 18.2 Å². The van der Waals surface area contributed by atoms with E-state index in [1.807, 2.05) is 0 Å². The van der Waals surface area contributed by atoms with E-state index < -0.39 is 0 Å². The molecule has 1 aliphatic rings. The molecule has 1 fully saturated rings. The first-order valence-corrected chi connectivity index (χ1v) is 5.84. The molecule has 2 rings (SSSR count). The van der Waals surface area contributed by atoms with Crippen LogP contribution in [-0.4, -0.2) is 18.0 Å². The molecule has 0 N–H and O–H groups in total. The van der Waals surface area contributed by atoms with Gasteiger partial charge in [0.1, 0.15) is 0 Å². The van der Waals surface area contributed by atoms with Gasteiger partial charge in [-0.2, -0.15) is 0 Å². The Morgan fingerprint density at radius 2 is 2.06 bits per heavy atom. The quantitative estimate of drug-likeness (QED) is 0.464. The van der Waals surface area contributed by atoms with Gasteiger partial charge in [0, 0.05) is 36.8 Å². The van der Waals surface area contributed by atoms with Gasteiger partial charge >= 0.3 is 0 Å². The number of alkyl halides is 1. The summed E-state index contributed by atoms with van der Waals surface area (Å²) in [7, 11) is 0. The van der Waals surface area contributed by atoms with E-state index in [1.54, 1.807) is 18.2 Å². The highest BCUT2D eigenvalue weighted by molar-refractivity contribution is 6.17. The fraction of sp³-hybridized carbons (Fsp3) is 0.455. The predicted octanol–water partition coefficient (Wildman–Crippen LogP) is 2.93. The van der Waals surface area contributed by atoms with E-state index in [1.165, 1.54) is 12.8 Å². The summed E-state index contributed by atoms with van der Waals surface area (Å²) in [6, 6.07) is 4.92. The van der Waals surface area contributed by atoms with Crippen molar-refractivity contribution in [2.75, 3.05) is 18.0 Å². The summed E-state index contributed by atoms with van der Waals surface area (Å²) < 4.78 is 0. The molecule has 0 saturated carbocycles. The highest BCUT2D eigenvalue weighted by atomic mass is 35.5. The van der Waals surface area contributed by atoms with Gasteiger partial charge in [0.25, 0.3) is 5.69 Å². The lowest BCUT2D eigenvalue weighted by Gasteiger charge is -2.20. The minimum absolute atomic E-state index is 0.110. The third kappa shape index (κ3) is 2.11. The van der Waals surface area contributed by atoms with Crippen molar-refractivity contribution < 1.29 is 4.92 Å². The number of nitrogens with zero attached hydrogens (tertiary/aromatic N) is 2. The molecule has 1 saturated heterocycles. The zero-order valence-electron chi connectivity index (χ0n) is 8.86. The Morgan fingerprint density at radius 3 is 2.62 bits per heavy atom. The van der Waals surface area contributed by atoms with Gasteiger partial charge in [0.05, 0.1) is 4.92 Å². The standard InChI is InChI=1S/C11H13ClN2O2/c12-8-9-7-10(14(15)16)3-4-11(9)13-5-1-2-6-13/h3-4,7H,1-2,5-6,8H2. The second-order valence-electron chi connectivity index (χ2n) is 3.90. The average Bonchev–Trinajstić information content (AvgIpc) is 2.81. The Hall–Kier alpha value is -1.29. The Labute approximate surface area is 99.0 Å². The van der Waals surface area contributed by atoms with Crippen LogP contribution >= 0.6 is 11.6 Å². The molecule has 0 aromatic heterocycles. The Morgan fingerprint density at radius 1 is 1.38 bits per heavy atom. The third-order valence-electron chi connectivity index (χ3n) is 2.86. The molecule has 16 heavy (non-hydrogen) atoms. The molecule has 0 unspecified atom stereocenters. The van der Waals surface area contributed by atoms with E-state index in [4.69, 9.17) is 11.6 Å². The number of hydrogen-bond acceptors (Lipinski definition) is 3. The summed E-state index contributed by atoms with van der Waals surface area (Å²) in [4.78, 5) is 12.5. The highest BCUT2D eigenvalue weighted by Crippen LogP contribution is 2.29. The molecule has 5 heteroatoms. The smallest absolute Gasteiger partial charge is 0.269 e. The molecule has 0 radical (unpaired) electrons. The number of nitro benzene ring substituents is 1. The first-order valence-electron chi connectivity index (χ1n) is 5.30. The molecule has 0 aliphatic carbocycles. The molecular formula is C11H13ClN2O2. The van der Waals surface area contributed by atoms with E-state index in [9.17, 15) is 10.1 Å². The van der Waals surface area contributed by atoms with Gasteiger partial charge in [-0.05, 0) is 24.5 Å². The summed E-state index contributed by atoms with van der Waals surface area (Å²) >= 11 is 5.84. The SMILES string of the molecule is O=[N+]([O-])c1ccc(N2CCCC2)c(CCl)c1. The summed E-state index contributed by atoms with van der Waals surface area (Å²) in [5.41, 5.74) is 1.99. The van der Waals surface area contributed by atoms with Crippen LogP contribution in [0.2, 0.25) is 0 Å². The van der Waals surface area contributed by atoms with Crippen molar-refractivity contribution in [2.24, 2.45) is 0 Å². The maximum atomic E-state index is 10.7. The maximum absolute atomic E-state index is 10.7. The summed E-state index contributed by atoms with van der Waals surface area (Å²) in [5.74, 6) is 0.313. The van der Waals surface area contributed by atoms with Gasteiger partial charge in [-0.1, -0.05) is 0 Å². The van der Waals surface area contributed by atoms with Crippen molar-refractivity contribution in [3.63, 3.8) is 0 Å². The molecule has 1 heterocycles. The largest absolute Gasteiger partial charge is 0.371 e. The molecule has 1 aromatic rings. The van der Waals surface area contributed by atoms with E-state index in [-0.39, 0.29) is 10.6 Å². The fourth-order valence-corrected chi connectivity index (χ4v) is 2.27. The topological polar surface area (TPSA) is 46.4 Å². The number of hydrogen-bond donors (Lipinski definition) is 0. The lowest BCUT2D eigenvalue weighted by molar-refractivity contribution is -0.384. The molecule has 0 amide bonds. The van der Waals surface area contributed by atoms with E-state index >= 15 is 0 Å². The zero-order chi connectivity index (χ0) is 11.5. The number of rotatable bonds is 3. The average molecular weight is 241 g/mol. The third-order valence-corrected chi connectivity index (χ3v) is 3.15. The van der Waals surface area contributed by atoms with Crippen LogP contribution in [0, 0.1) is 10.1 Å². The maximum Gasteiger partial charge on any atom is 0.269 e. The van der Waals surface area contributed by atoms with Crippen LogP contribution < -0.4 is 4.90 Å². The van der Waals surface area contributed by atoms with Gasteiger partial charge in [-0.15, -0.1) is 11.6 Å². The first-order chi connectivity index (χ1) is 7.72. The number of anilines is 1. The first kappa shape index (κ1) is 11.2. The predicted molar refractivity (Wildman–Crippen MR) is 64.1 cm³/mol. The summed E-state index contributed by atoms with van der Waals surface area (Å²) in [6.45, 7) is 2.03. The minimum atomic E-state index is -0.385. The van der Waals surface area contributed by atoms with Crippen molar-refractivity contribution in [1.82, 2.24) is 0 Å². The van der Waals surface area contributed by atoms with E-state index in [0.29, 0.717) is 5.88 Å². The van der Waals surface area contributed by atoms with Crippen LogP contribution in [0.25, 0.3) is 0 Å². The number of non-ortho nitro benzene ring substituents is 1. The van der Waals surface area contributed by atoms with Crippen LogP contribution in [0.1, 0.15) is 18.4 Å². The highest BCUT2D eigenvalue weighted by Gasteiger charge is 2.17. The van der Waals surface area contributed by atoms with Gasteiger partial charge in [0.15, 0.2) is 0 Å². The lowest BCUT2D eigenvalue weighted by Crippen LogP contribution is -2.19. The lowest BCUT2D eigenvalue weighted by atomic mass is 10.1. The molecule has 0 atom stereocenters. The van der Waals surface area contributed by atoms with Crippen LogP contribution in [0.4, 0.5) is 11.4 Å². The fourth-order valence-electron chi connectivity index (χ4n) is 2.06. The monoisotopic (exact) mass is 240 g/mol. The van der Waals surface area contributed by atoms with Crippen LogP contribution in [0.5, 0.6) is 0 Å². The van der Waals surface area contributed by atoms with Gasteiger partial charge in [-0.3, -0.25) is 10.1 Å². The molecule has 0 spiro atoms.